The molecule has 0 saturated carbocycles. The zero-order chi connectivity index (χ0) is 13.4. The summed E-state index contributed by atoms with van der Waals surface area (Å²) in [4.78, 5) is 7.01. The summed E-state index contributed by atoms with van der Waals surface area (Å²) in [5.74, 6) is 0.851. The number of aryl methyl sites for hydroxylation is 2. The quantitative estimate of drug-likeness (QED) is 0.831. The SMILES string of the molecule is CC1C(N)CCN1c1nc2c(cc1C#N)CCCC2. The summed E-state index contributed by atoms with van der Waals surface area (Å²) in [6.45, 7) is 3.03. The number of fused-ring (bicyclic) bond motifs is 1. The molecule has 1 aliphatic carbocycles. The molecule has 0 amide bonds. The molecule has 0 bridgehead atoms. The standard InChI is InChI=1S/C15H20N4/c1-10-13(17)6-7-19(10)15-12(9-16)8-11-4-2-3-5-14(11)18-15/h8,10,13H,2-7,17H2,1H3. The third-order valence-electron chi connectivity index (χ3n) is 4.49. The third-order valence-corrected chi connectivity index (χ3v) is 4.49. The average molecular weight is 256 g/mol. The summed E-state index contributed by atoms with van der Waals surface area (Å²) < 4.78 is 0. The van der Waals surface area contributed by atoms with E-state index in [-0.39, 0.29) is 12.1 Å². The van der Waals surface area contributed by atoms with Crippen molar-refractivity contribution in [1.29, 1.82) is 5.26 Å². The first-order valence-corrected chi connectivity index (χ1v) is 7.16. The Labute approximate surface area is 114 Å². The van der Waals surface area contributed by atoms with Gasteiger partial charge in [-0.05, 0) is 50.7 Å². The molecule has 0 spiro atoms. The van der Waals surface area contributed by atoms with Crippen LogP contribution in [-0.4, -0.2) is 23.6 Å². The molecule has 0 aromatic carbocycles. The summed E-state index contributed by atoms with van der Waals surface area (Å²) in [6, 6.07) is 4.81. The second-order valence-corrected chi connectivity index (χ2v) is 5.67. The highest BCUT2D eigenvalue weighted by Gasteiger charge is 2.31. The largest absolute Gasteiger partial charge is 0.351 e. The van der Waals surface area contributed by atoms with Gasteiger partial charge in [0.05, 0.1) is 5.56 Å². The van der Waals surface area contributed by atoms with Crippen LogP contribution < -0.4 is 10.6 Å². The Balaban J connectivity index is 2.03. The highest BCUT2D eigenvalue weighted by atomic mass is 15.2. The molecule has 2 atom stereocenters. The van der Waals surface area contributed by atoms with Gasteiger partial charge in [-0.25, -0.2) is 4.98 Å². The maximum absolute atomic E-state index is 9.38. The first-order valence-electron chi connectivity index (χ1n) is 7.16. The van der Waals surface area contributed by atoms with Crippen LogP contribution in [0.3, 0.4) is 0 Å². The number of anilines is 1. The molecular formula is C15H20N4. The van der Waals surface area contributed by atoms with E-state index >= 15 is 0 Å². The van der Waals surface area contributed by atoms with Crippen molar-refractivity contribution >= 4 is 5.82 Å². The molecular weight excluding hydrogens is 236 g/mol. The van der Waals surface area contributed by atoms with Crippen molar-refractivity contribution in [1.82, 2.24) is 4.98 Å². The minimum Gasteiger partial charge on any atom is -0.351 e. The number of nitrogens with zero attached hydrogens (tertiary/aromatic N) is 3. The lowest BCUT2D eigenvalue weighted by atomic mass is 9.95. The Kier molecular flexibility index (Phi) is 3.16. The fourth-order valence-corrected chi connectivity index (χ4v) is 3.19. The third kappa shape index (κ3) is 2.08. The number of pyridine rings is 1. The van der Waals surface area contributed by atoms with Crippen molar-refractivity contribution in [3.05, 3.63) is 22.9 Å². The van der Waals surface area contributed by atoms with E-state index in [9.17, 15) is 5.26 Å². The Bertz CT molecular complexity index is 532. The van der Waals surface area contributed by atoms with Crippen molar-refractivity contribution in [2.45, 2.75) is 51.1 Å². The summed E-state index contributed by atoms with van der Waals surface area (Å²) in [5.41, 5.74) is 9.25. The number of nitrogens with two attached hydrogens (primary N) is 1. The van der Waals surface area contributed by atoms with Crippen LogP contribution in [0.25, 0.3) is 0 Å². The van der Waals surface area contributed by atoms with Crippen molar-refractivity contribution in [2.24, 2.45) is 5.73 Å². The van der Waals surface area contributed by atoms with E-state index < -0.39 is 0 Å². The fourth-order valence-electron chi connectivity index (χ4n) is 3.19. The summed E-state index contributed by atoms with van der Waals surface area (Å²) in [7, 11) is 0. The average Bonchev–Trinajstić information content (AvgIpc) is 2.77. The summed E-state index contributed by atoms with van der Waals surface area (Å²) in [6.07, 6.45) is 5.50. The Hall–Kier alpha value is -1.60. The molecule has 2 N–H and O–H groups in total. The minimum atomic E-state index is 0.185. The zero-order valence-electron chi connectivity index (χ0n) is 11.4. The molecule has 1 saturated heterocycles. The lowest BCUT2D eigenvalue weighted by molar-refractivity contribution is 0.617. The first-order chi connectivity index (χ1) is 9.20. The molecule has 1 aromatic rings. The van der Waals surface area contributed by atoms with Gasteiger partial charge in [0.25, 0.3) is 0 Å². The van der Waals surface area contributed by atoms with E-state index in [0.29, 0.717) is 5.56 Å². The van der Waals surface area contributed by atoms with Gasteiger partial charge < -0.3 is 10.6 Å². The van der Waals surface area contributed by atoms with Crippen LogP contribution in [0.1, 0.15) is 43.0 Å². The number of aromatic nitrogens is 1. The summed E-state index contributed by atoms with van der Waals surface area (Å²) in [5, 5.41) is 9.38. The molecule has 1 fully saturated rings. The van der Waals surface area contributed by atoms with Gasteiger partial charge in [-0.3, -0.25) is 0 Å². The highest BCUT2D eigenvalue weighted by molar-refractivity contribution is 5.58. The van der Waals surface area contributed by atoms with Crippen LogP contribution >= 0.6 is 0 Å². The van der Waals surface area contributed by atoms with Gasteiger partial charge in [0, 0.05) is 24.3 Å². The smallest absolute Gasteiger partial charge is 0.147 e. The minimum absolute atomic E-state index is 0.185. The van der Waals surface area contributed by atoms with Crippen molar-refractivity contribution in [2.75, 3.05) is 11.4 Å². The second kappa shape index (κ2) is 4.82. The normalized spacial score (nSPS) is 26.1. The molecule has 2 heterocycles. The number of hydrogen-bond donors (Lipinski definition) is 1. The van der Waals surface area contributed by atoms with Crippen LogP contribution in [0.2, 0.25) is 0 Å². The van der Waals surface area contributed by atoms with Crippen LogP contribution in [0.15, 0.2) is 6.07 Å². The molecule has 2 aliphatic rings. The van der Waals surface area contributed by atoms with E-state index in [1.165, 1.54) is 24.1 Å². The molecule has 2 unspecified atom stereocenters. The van der Waals surface area contributed by atoms with Gasteiger partial charge in [0.2, 0.25) is 0 Å². The number of nitriles is 1. The van der Waals surface area contributed by atoms with Crippen molar-refractivity contribution < 1.29 is 0 Å². The molecule has 1 aromatic heterocycles. The van der Waals surface area contributed by atoms with E-state index in [4.69, 9.17) is 10.7 Å². The fraction of sp³-hybridized carbons (Fsp3) is 0.600. The maximum Gasteiger partial charge on any atom is 0.147 e. The Morgan fingerprint density at radius 1 is 1.42 bits per heavy atom. The van der Waals surface area contributed by atoms with Crippen LogP contribution in [-0.2, 0) is 12.8 Å². The molecule has 100 valence electrons. The Morgan fingerprint density at radius 3 is 2.89 bits per heavy atom. The van der Waals surface area contributed by atoms with E-state index in [0.717, 1.165) is 31.6 Å². The molecule has 19 heavy (non-hydrogen) atoms. The van der Waals surface area contributed by atoms with Crippen LogP contribution in [0, 0.1) is 11.3 Å². The molecule has 1 aliphatic heterocycles. The van der Waals surface area contributed by atoms with Gasteiger partial charge in [-0.15, -0.1) is 0 Å². The number of hydrogen-bond acceptors (Lipinski definition) is 4. The summed E-state index contributed by atoms with van der Waals surface area (Å²) >= 11 is 0. The lowest BCUT2D eigenvalue weighted by Crippen LogP contribution is -2.37. The van der Waals surface area contributed by atoms with E-state index in [1.54, 1.807) is 0 Å². The molecule has 3 rings (SSSR count). The predicted molar refractivity (Wildman–Crippen MR) is 75.0 cm³/mol. The van der Waals surface area contributed by atoms with Gasteiger partial charge in [-0.2, -0.15) is 5.26 Å². The number of rotatable bonds is 1. The molecule has 0 radical (unpaired) electrons. The van der Waals surface area contributed by atoms with Crippen molar-refractivity contribution in [3.63, 3.8) is 0 Å². The van der Waals surface area contributed by atoms with Gasteiger partial charge in [0.1, 0.15) is 11.9 Å². The zero-order valence-corrected chi connectivity index (χ0v) is 11.4. The monoisotopic (exact) mass is 256 g/mol. The Morgan fingerprint density at radius 2 is 2.21 bits per heavy atom. The van der Waals surface area contributed by atoms with E-state index in [2.05, 4.69) is 17.9 Å². The second-order valence-electron chi connectivity index (χ2n) is 5.67. The molecule has 4 nitrogen and oxygen atoms in total. The lowest BCUT2D eigenvalue weighted by Gasteiger charge is -2.27. The van der Waals surface area contributed by atoms with Crippen LogP contribution in [0.4, 0.5) is 5.82 Å². The highest BCUT2D eigenvalue weighted by Crippen LogP contribution is 2.30. The maximum atomic E-state index is 9.38. The van der Waals surface area contributed by atoms with Gasteiger partial charge in [-0.1, -0.05) is 0 Å². The predicted octanol–water partition coefficient (Wildman–Crippen LogP) is 1.76. The van der Waals surface area contributed by atoms with Gasteiger partial charge in [0.15, 0.2) is 0 Å². The van der Waals surface area contributed by atoms with Crippen LogP contribution in [0.5, 0.6) is 0 Å². The molecule has 4 heteroatoms. The topological polar surface area (TPSA) is 65.9 Å². The first kappa shape index (κ1) is 12.4. The van der Waals surface area contributed by atoms with E-state index in [1.807, 2.05) is 6.07 Å². The van der Waals surface area contributed by atoms with Gasteiger partial charge >= 0.3 is 0 Å². The van der Waals surface area contributed by atoms with Crippen molar-refractivity contribution in [3.8, 4) is 6.07 Å².